The van der Waals surface area contributed by atoms with Gasteiger partial charge in [-0.25, -0.2) is 0 Å². The van der Waals surface area contributed by atoms with Gasteiger partial charge in [0.1, 0.15) is 0 Å². The van der Waals surface area contributed by atoms with Gasteiger partial charge in [-0.2, -0.15) is 5.10 Å². The summed E-state index contributed by atoms with van der Waals surface area (Å²) < 4.78 is 1.71. The van der Waals surface area contributed by atoms with Crippen LogP contribution in [0.25, 0.3) is 0 Å². The lowest BCUT2D eigenvalue weighted by Crippen LogP contribution is -2.30. The van der Waals surface area contributed by atoms with Crippen LogP contribution in [-0.2, 0) is 29.6 Å². The topological polar surface area (TPSA) is 55.2 Å². The van der Waals surface area contributed by atoms with Crippen LogP contribution in [0, 0.1) is 19.8 Å². The first-order valence-corrected chi connectivity index (χ1v) is 8.13. The molecule has 3 heterocycles. The smallest absolute Gasteiger partial charge is 0.233 e. The molecule has 1 aliphatic rings. The molecule has 2 aromatic heterocycles. The van der Waals surface area contributed by atoms with Gasteiger partial charge in [-0.3, -0.25) is 19.2 Å². The van der Waals surface area contributed by atoms with Crippen molar-refractivity contribution in [1.82, 2.24) is 14.7 Å². The third kappa shape index (κ3) is 2.83. The van der Waals surface area contributed by atoms with Crippen molar-refractivity contribution in [3.05, 3.63) is 39.3 Å². The van der Waals surface area contributed by atoms with Crippen molar-refractivity contribution >= 4 is 23.2 Å². The predicted octanol–water partition coefficient (Wildman–Crippen LogP) is 2.22. The number of rotatable bonds is 4. The lowest BCUT2D eigenvalue weighted by atomic mass is 10.0. The van der Waals surface area contributed by atoms with Crippen LogP contribution in [0.4, 0.5) is 0 Å². The summed E-state index contributed by atoms with van der Waals surface area (Å²) in [4.78, 5) is 28.5. The fourth-order valence-corrected chi connectivity index (χ4v) is 3.89. The molecule has 6 heteroatoms. The maximum atomic E-state index is 12.5. The zero-order valence-corrected chi connectivity index (χ0v) is 13.8. The van der Waals surface area contributed by atoms with Crippen molar-refractivity contribution < 1.29 is 9.59 Å². The molecule has 2 aromatic rings. The highest BCUT2D eigenvalue weighted by molar-refractivity contribution is 7.12. The predicted molar refractivity (Wildman–Crippen MR) is 84.4 cm³/mol. The third-order valence-electron chi connectivity index (χ3n) is 4.05. The highest BCUT2D eigenvalue weighted by atomic mass is 32.1. The summed E-state index contributed by atoms with van der Waals surface area (Å²) in [7, 11) is 1.85. The molecule has 3 rings (SSSR count). The number of aryl methyl sites for hydroxylation is 3. The molecular weight excluding hydrogens is 298 g/mol. The molecule has 1 atom stereocenters. The number of imide groups is 1. The number of likely N-dealkylation sites (tertiary alicyclic amines) is 1. The van der Waals surface area contributed by atoms with Gasteiger partial charge in [-0.15, -0.1) is 11.3 Å². The molecule has 0 N–H and O–H groups in total. The maximum absolute atomic E-state index is 12.5. The second-order valence-corrected chi connectivity index (χ2v) is 7.34. The fraction of sp³-hybridized carbons (Fsp3) is 0.438. The molecule has 0 spiro atoms. The van der Waals surface area contributed by atoms with Crippen molar-refractivity contribution in [3.63, 3.8) is 0 Å². The Morgan fingerprint density at radius 2 is 2.14 bits per heavy atom. The Balaban J connectivity index is 1.72. The number of hydrogen-bond donors (Lipinski definition) is 0. The highest BCUT2D eigenvalue weighted by Gasteiger charge is 2.38. The lowest BCUT2D eigenvalue weighted by molar-refractivity contribution is -0.140. The summed E-state index contributed by atoms with van der Waals surface area (Å²) in [5.74, 6) is -0.379. The summed E-state index contributed by atoms with van der Waals surface area (Å²) >= 11 is 1.70. The molecule has 0 aromatic carbocycles. The molecule has 1 aliphatic heterocycles. The molecule has 116 valence electrons. The van der Waals surface area contributed by atoms with Gasteiger partial charge in [-0.1, -0.05) is 0 Å². The van der Waals surface area contributed by atoms with Crippen LogP contribution in [-0.4, -0.2) is 26.5 Å². The number of aromatic nitrogens is 2. The molecule has 1 saturated heterocycles. The molecule has 0 radical (unpaired) electrons. The number of nitrogens with zero attached hydrogens (tertiary/aromatic N) is 3. The van der Waals surface area contributed by atoms with E-state index in [-0.39, 0.29) is 17.7 Å². The average molecular weight is 317 g/mol. The monoisotopic (exact) mass is 317 g/mol. The summed E-state index contributed by atoms with van der Waals surface area (Å²) in [5, 5.41) is 4.11. The minimum Gasteiger partial charge on any atom is -0.278 e. The summed E-state index contributed by atoms with van der Waals surface area (Å²) in [6.45, 7) is 4.47. The van der Waals surface area contributed by atoms with E-state index in [2.05, 4.69) is 11.2 Å². The standard InChI is InChI=1S/C16H19N3O2S/c1-10-4-14(11(2)22-10)9-19-15(20)6-13(16(19)21)5-12-7-17-18(3)8-12/h4,7-8,13H,5-6,9H2,1-3H3/t13-/m1/s1. The van der Waals surface area contributed by atoms with Gasteiger partial charge in [0.2, 0.25) is 11.8 Å². The number of carbonyl (C=O) groups excluding carboxylic acids is 2. The molecular formula is C16H19N3O2S. The van der Waals surface area contributed by atoms with E-state index in [1.54, 1.807) is 22.2 Å². The van der Waals surface area contributed by atoms with Crippen molar-refractivity contribution in [1.29, 1.82) is 0 Å². The van der Waals surface area contributed by atoms with E-state index < -0.39 is 0 Å². The SMILES string of the molecule is Cc1cc(CN2C(=O)C[C@@H](Cc3cnn(C)c3)C2=O)c(C)s1. The molecule has 0 bridgehead atoms. The summed E-state index contributed by atoms with van der Waals surface area (Å²) in [6, 6.07) is 2.06. The van der Waals surface area contributed by atoms with E-state index in [9.17, 15) is 9.59 Å². The van der Waals surface area contributed by atoms with Gasteiger partial charge in [-0.05, 0) is 37.5 Å². The zero-order chi connectivity index (χ0) is 15.9. The molecule has 0 unspecified atom stereocenters. The van der Waals surface area contributed by atoms with Crippen molar-refractivity contribution in [2.45, 2.75) is 33.2 Å². The van der Waals surface area contributed by atoms with Crippen LogP contribution in [0.5, 0.6) is 0 Å². The van der Waals surface area contributed by atoms with Crippen LogP contribution in [0.1, 0.15) is 27.3 Å². The van der Waals surface area contributed by atoms with Crippen LogP contribution >= 0.6 is 11.3 Å². The Bertz CT molecular complexity index is 732. The maximum Gasteiger partial charge on any atom is 0.233 e. The lowest BCUT2D eigenvalue weighted by Gasteiger charge is -2.14. The Morgan fingerprint density at radius 1 is 1.36 bits per heavy atom. The van der Waals surface area contributed by atoms with Gasteiger partial charge in [0, 0.05) is 29.4 Å². The molecule has 0 aliphatic carbocycles. The van der Waals surface area contributed by atoms with Crippen LogP contribution in [0.2, 0.25) is 0 Å². The number of thiophene rings is 1. The third-order valence-corrected chi connectivity index (χ3v) is 5.06. The van der Waals surface area contributed by atoms with Crippen LogP contribution in [0.3, 0.4) is 0 Å². The Hall–Kier alpha value is -1.95. The summed E-state index contributed by atoms with van der Waals surface area (Å²) in [5.41, 5.74) is 2.07. The van der Waals surface area contributed by atoms with Gasteiger partial charge in [0.25, 0.3) is 0 Å². The van der Waals surface area contributed by atoms with E-state index in [0.717, 1.165) is 11.1 Å². The molecule has 5 nitrogen and oxygen atoms in total. The van der Waals surface area contributed by atoms with E-state index in [1.165, 1.54) is 14.7 Å². The van der Waals surface area contributed by atoms with Crippen LogP contribution in [0.15, 0.2) is 18.5 Å². The highest BCUT2D eigenvalue weighted by Crippen LogP contribution is 2.28. The minimum atomic E-state index is -0.253. The van der Waals surface area contributed by atoms with Gasteiger partial charge in [0.15, 0.2) is 0 Å². The minimum absolute atomic E-state index is 0.0582. The molecule has 0 saturated carbocycles. The first-order chi connectivity index (χ1) is 10.4. The molecule has 22 heavy (non-hydrogen) atoms. The Morgan fingerprint density at radius 3 is 2.73 bits per heavy atom. The fourth-order valence-electron chi connectivity index (χ4n) is 2.95. The number of amides is 2. The van der Waals surface area contributed by atoms with Crippen molar-refractivity contribution in [2.24, 2.45) is 13.0 Å². The number of carbonyl (C=O) groups is 2. The van der Waals surface area contributed by atoms with Crippen LogP contribution < -0.4 is 0 Å². The Labute approximate surface area is 133 Å². The Kier molecular flexibility index (Phi) is 3.87. The van der Waals surface area contributed by atoms with E-state index in [0.29, 0.717) is 19.4 Å². The largest absolute Gasteiger partial charge is 0.278 e. The van der Waals surface area contributed by atoms with Gasteiger partial charge >= 0.3 is 0 Å². The molecule has 1 fully saturated rings. The first kappa shape index (κ1) is 15.0. The summed E-state index contributed by atoms with van der Waals surface area (Å²) in [6.07, 6.45) is 4.53. The second-order valence-electron chi connectivity index (χ2n) is 5.88. The first-order valence-electron chi connectivity index (χ1n) is 7.31. The molecule has 2 amide bonds. The quantitative estimate of drug-likeness (QED) is 0.813. The van der Waals surface area contributed by atoms with Gasteiger partial charge < -0.3 is 0 Å². The van der Waals surface area contributed by atoms with E-state index in [4.69, 9.17) is 0 Å². The second kappa shape index (κ2) is 5.68. The number of hydrogen-bond acceptors (Lipinski definition) is 4. The normalized spacial score (nSPS) is 18.5. The van der Waals surface area contributed by atoms with Crippen molar-refractivity contribution in [2.75, 3.05) is 0 Å². The van der Waals surface area contributed by atoms with E-state index >= 15 is 0 Å². The van der Waals surface area contributed by atoms with Crippen molar-refractivity contribution in [3.8, 4) is 0 Å². The van der Waals surface area contributed by atoms with E-state index in [1.807, 2.05) is 27.1 Å². The zero-order valence-electron chi connectivity index (χ0n) is 13.0. The average Bonchev–Trinajstić information content (AvgIpc) is 3.06. The van der Waals surface area contributed by atoms with Gasteiger partial charge in [0.05, 0.1) is 18.7 Å².